The van der Waals surface area contributed by atoms with Gasteiger partial charge in [0.25, 0.3) is 0 Å². The number of benzene rings is 1. The van der Waals surface area contributed by atoms with Gasteiger partial charge in [-0.05, 0) is 48.0 Å². The second-order valence-electron chi connectivity index (χ2n) is 5.86. The van der Waals surface area contributed by atoms with Gasteiger partial charge < -0.3 is 4.90 Å². The molecule has 1 aliphatic rings. The Hall–Kier alpha value is -2.28. The molecule has 7 heteroatoms. The Morgan fingerprint density at radius 1 is 1.09 bits per heavy atom. The van der Waals surface area contributed by atoms with Crippen molar-refractivity contribution in [2.45, 2.75) is 19.9 Å². The van der Waals surface area contributed by atoms with E-state index in [4.69, 9.17) is 0 Å². The van der Waals surface area contributed by atoms with E-state index >= 15 is 0 Å². The van der Waals surface area contributed by atoms with Crippen LogP contribution in [0.1, 0.15) is 23.7 Å². The molecular formula is C16H22N6O. The average molecular weight is 314 g/mol. The highest BCUT2D eigenvalue weighted by Gasteiger charge is 2.17. The monoisotopic (exact) mass is 314 g/mol. The third-order valence-electron chi connectivity index (χ3n) is 4.26. The van der Waals surface area contributed by atoms with Gasteiger partial charge in [-0.15, -0.1) is 5.10 Å². The summed E-state index contributed by atoms with van der Waals surface area (Å²) >= 11 is 0. The van der Waals surface area contributed by atoms with Crippen molar-refractivity contribution in [3.63, 3.8) is 0 Å². The minimum Gasteiger partial charge on any atom is -0.369 e. The molecule has 1 fully saturated rings. The molecule has 23 heavy (non-hydrogen) atoms. The summed E-state index contributed by atoms with van der Waals surface area (Å²) in [6.45, 7) is 7.68. The summed E-state index contributed by atoms with van der Waals surface area (Å²) in [5.74, 6) is 0.115. The molecule has 0 aliphatic carbocycles. The summed E-state index contributed by atoms with van der Waals surface area (Å²) in [5.41, 5.74) is 1.97. The minimum atomic E-state index is 0.115. The van der Waals surface area contributed by atoms with Crippen LogP contribution in [0.5, 0.6) is 0 Å². The maximum atomic E-state index is 11.3. The fraction of sp³-hybridized carbons (Fsp3) is 0.500. The molecule has 1 aromatic heterocycles. The summed E-state index contributed by atoms with van der Waals surface area (Å²) in [6, 6.07) is 7.92. The van der Waals surface area contributed by atoms with Crippen LogP contribution in [0.25, 0.3) is 0 Å². The highest BCUT2D eigenvalue weighted by Crippen LogP contribution is 2.17. The van der Waals surface area contributed by atoms with Crippen LogP contribution in [0, 0.1) is 0 Å². The predicted molar refractivity (Wildman–Crippen MR) is 87.5 cm³/mol. The summed E-state index contributed by atoms with van der Waals surface area (Å²) < 4.78 is 1.77. The summed E-state index contributed by atoms with van der Waals surface area (Å²) in [7, 11) is 0. The molecule has 3 rings (SSSR count). The van der Waals surface area contributed by atoms with Gasteiger partial charge in [-0.2, -0.15) is 0 Å². The number of ketones is 1. The van der Waals surface area contributed by atoms with Crippen LogP contribution >= 0.6 is 0 Å². The van der Waals surface area contributed by atoms with Gasteiger partial charge in [-0.3, -0.25) is 9.69 Å². The van der Waals surface area contributed by atoms with E-state index in [9.17, 15) is 4.79 Å². The first-order valence-corrected chi connectivity index (χ1v) is 8.01. The molecule has 0 N–H and O–H groups in total. The lowest BCUT2D eigenvalue weighted by Gasteiger charge is -2.36. The first-order valence-electron chi connectivity index (χ1n) is 8.01. The molecule has 0 unspecified atom stereocenters. The van der Waals surface area contributed by atoms with E-state index in [0.29, 0.717) is 0 Å². The lowest BCUT2D eigenvalue weighted by molar-refractivity contribution is 0.101. The Bertz CT molecular complexity index is 617. The van der Waals surface area contributed by atoms with Crippen molar-refractivity contribution in [3.05, 3.63) is 36.2 Å². The third kappa shape index (κ3) is 4.13. The molecule has 0 saturated carbocycles. The van der Waals surface area contributed by atoms with Crippen LogP contribution in [0.3, 0.4) is 0 Å². The summed E-state index contributed by atoms with van der Waals surface area (Å²) in [6.07, 6.45) is 2.71. The van der Waals surface area contributed by atoms with Crippen molar-refractivity contribution >= 4 is 11.5 Å². The van der Waals surface area contributed by atoms with Crippen molar-refractivity contribution in [1.29, 1.82) is 0 Å². The highest BCUT2D eigenvalue weighted by atomic mass is 16.1. The summed E-state index contributed by atoms with van der Waals surface area (Å²) in [4.78, 5) is 16.2. The third-order valence-corrected chi connectivity index (χ3v) is 4.26. The van der Waals surface area contributed by atoms with Gasteiger partial charge in [-0.25, -0.2) is 4.68 Å². The zero-order valence-corrected chi connectivity index (χ0v) is 13.4. The van der Waals surface area contributed by atoms with E-state index in [1.165, 1.54) is 5.69 Å². The minimum absolute atomic E-state index is 0.115. The number of anilines is 1. The van der Waals surface area contributed by atoms with Gasteiger partial charge in [0.05, 0.1) is 0 Å². The molecule has 0 bridgehead atoms. The molecule has 1 saturated heterocycles. The maximum absolute atomic E-state index is 11.3. The number of carbonyl (C=O) groups excluding carboxylic acids is 1. The van der Waals surface area contributed by atoms with Gasteiger partial charge in [-0.1, -0.05) is 0 Å². The van der Waals surface area contributed by atoms with Crippen LogP contribution < -0.4 is 4.90 Å². The molecular weight excluding hydrogens is 292 g/mol. The number of hydrogen-bond donors (Lipinski definition) is 0. The number of Topliss-reactive ketones (excluding diaryl/α,β-unsaturated/α-hetero) is 1. The Kier molecular flexibility index (Phi) is 4.97. The van der Waals surface area contributed by atoms with E-state index in [1.807, 2.05) is 24.3 Å². The van der Waals surface area contributed by atoms with Crippen molar-refractivity contribution in [2.75, 3.05) is 37.6 Å². The number of carbonyl (C=O) groups is 1. The molecule has 122 valence electrons. The Morgan fingerprint density at radius 3 is 2.43 bits per heavy atom. The van der Waals surface area contributed by atoms with Crippen molar-refractivity contribution in [2.24, 2.45) is 0 Å². The van der Waals surface area contributed by atoms with Gasteiger partial charge in [0, 0.05) is 50.5 Å². The van der Waals surface area contributed by atoms with E-state index in [2.05, 4.69) is 25.3 Å². The van der Waals surface area contributed by atoms with E-state index in [-0.39, 0.29) is 5.78 Å². The normalized spacial score (nSPS) is 15.8. The number of hydrogen-bond acceptors (Lipinski definition) is 6. The van der Waals surface area contributed by atoms with Crippen LogP contribution in [0.15, 0.2) is 30.6 Å². The highest BCUT2D eigenvalue weighted by molar-refractivity contribution is 5.94. The lowest BCUT2D eigenvalue weighted by Crippen LogP contribution is -2.46. The van der Waals surface area contributed by atoms with Gasteiger partial charge in [0.2, 0.25) is 0 Å². The van der Waals surface area contributed by atoms with Gasteiger partial charge >= 0.3 is 0 Å². The molecule has 2 heterocycles. The predicted octanol–water partition coefficient (Wildman–Crippen LogP) is 1.09. The first-order chi connectivity index (χ1) is 11.2. The van der Waals surface area contributed by atoms with Gasteiger partial charge in [0.1, 0.15) is 6.33 Å². The van der Waals surface area contributed by atoms with Crippen LogP contribution in [-0.2, 0) is 6.54 Å². The standard InChI is InChI=1S/C16H22N6O/c1-14(23)15-3-5-16(6-4-15)21-11-9-20(10-12-21)7-2-8-22-13-17-18-19-22/h3-6,13H,2,7-12H2,1H3. The quantitative estimate of drug-likeness (QED) is 0.744. The van der Waals surface area contributed by atoms with Gasteiger partial charge in [0.15, 0.2) is 5.78 Å². The van der Waals surface area contributed by atoms with E-state index < -0.39 is 0 Å². The van der Waals surface area contributed by atoms with Crippen LogP contribution in [-0.4, -0.2) is 63.6 Å². The zero-order chi connectivity index (χ0) is 16.1. The number of aromatic nitrogens is 4. The van der Waals surface area contributed by atoms with Crippen molar-refractivity contribution in [3.8, 4) is 0 Å². The fourth-order valence-electron chi connectivity index (χ4n) is 2.88. The smallest absolute Gasteiger partial charge is 0.159 e. The van der Waals surface area contributed by atoms with E-state index in [0.717, 1.165) is 51.3 Å². The molecule has 1 aliphatic heterocycles. The molecule has 1 aromatic carbocycles. The number of nitrogens with zero attached hydrogens (tertiary/aromatic N) is 6. The topological polar surface area (TPSA) is 67.2 Å². The second-order valence-corrected chi connectivity index (χ2v) is 5.86. The Balaban J connectivity index is 1.43. The average Bonchev–Trinajstić information content (AvgIpc) is 3.09. The van der Waals surface area contributed by atoms with Crippen molar-refractivity contribution in [1.82, 2.24) is 25.1 Å². The molecule has 0 spiro atoms. The van der Waals surface area contributed by atoms with Crippen LogP contribution in [0.2, 0.25) is 0 Å². The molecule has 0 radical (unpaired) electrons. The fourth-order valence-corrected chi connectivity index (χ4v) is 2.88. The van der Waals surface area contributed by atoms with Crippen LogP contribution in [0.4, 0.5) is 5.69 Å². The number of piperazine rings is 1. The Labute approximate surface area is 135 Å². The number of aryl methyl sites for hydroxylation is 1. The largest absolute Gasteiger partial charge is 0.369 e. The summed E-state index contributed by atoms with van der Waals surface area (Å²) in [5, 5.41) is 11.2. The lowest BCUT2D eigenvalue weighted by atomic mass is 10.1. The number of rotatable bonds is 6. The SMILES string of the molecule is CC(=O)c1ccc(N2CCN(CCCn3cnnn3)CC2)cc1. The van der Waals surface area contributed by atoms with E-state index in [1.54, 1.807) is 17.9 Å². The first kappa shape index (κ1) is 15.6. The molecule has 0 atom stereocenters. The van der Waals surface area contributed by atoms with Crippen molar-refractivity contribution < 1.29 is 4.79 Å². The molecule has 7 nitrogen and oxygen atoms in total. The zero-order valence-electron chi connectivity index (χ0n) is 13.4. The maximum Gasteiger partial charge on any atom is 0.159 e. The second kappa shape index (κ2) is 7.32. The number of tetrazole rings is 1. The Morgan fingerprint density at radius 2 is 1.83 bits per heavy atom. The molecule has 0 amide bonds. The molecule has 2 aromatic rings.